The van der Waals surface area contributed by atoms with E-state index in [1.165, 1.54) is 0 Å². The van der Waals surface area contributed by atoms with Crippen LogP contribution in [0.5, 0.6) is 0 Å². The number of pyridine rings is 1. The van der Waals surface area contributed by atoms with Gasteiger partial charge in [-0.05, 0) is 44.2 Å². The topological polar surface area (TPSA) is 99.2 Å². The van der Waals surface area contributed by atoms with Crippen molar-refractivity contribution in [1.82, 2.24) is 29.6 Å². The summed E-state index contributed by atoms with van der Waals surface area (Å²) in [5.74, 6) is 0.727. The summed E-state index contributed by atoms with van der Waals surface area (Å²) >= 11 is 0. The molecule has 0 bridgehead atoms. The Bertz CT molecular complexity index is 1220. The van der Waals surface area contributed by atoms with Crippen LogP contribution in [0.3, 0.4) is 0 Å². The Kier molecular flexibility index (Phi) is 4.95. The molecule has 0 radical (unpaired) electrons. The summed E-state index contributed by atoms with van der Waals surface area (Å²) in [6.07, 6.45) is 4.69. The van der Waals surface area contributed by atoms with Gasteiger partial charge in [0.25, 0.3) is 11.8 Å². The number of fused-ring (bicyclic) bond motifs is 1. The van der Waals surface area contributed by atoms with E-state index in [-0.39, 0.29) is 5.91 Å². The molecule has 3 aromatic heterocycles. The third kappa shape index (κ3) is 3.68. The van der Waals surface area contributed by atoms with Gasteiger partial charge in [0.15, 0.2) is 6.10 Å². The minimum atomic E-state index is -0.473. The predicted octanol–water partition coefficient (Wildman–Crippen LogP) is 3.28. The number of morpholine rings is 1. The van der Waals surface area contributed by atoms with Crippen LogP contribution in [0.1, 0.15) is 42.2 Å². The fourth-order valence-electron chi connectivity index (χ4n) is 3.72. The first-order chi connectivity index (χ1) is 15.1. The number of carbonyl (C=O) groups excluding carboxylic acids is 1. The van der Waals surface area contributed by atoms with Crippen molar-refractivity contribution in [2.75, 3.05) is 19.7 Å². The smallest absolute Gasteiger partial charge is 0.257 e. The number of hydrogen-bond donors (Lipinski definition) is 0. The fraction of sp³-hybridized carbons (Fsp3) is 0.318. The molecule has 158 valence electrons. The van der Waals surface area contributed by atoms with Crippen LogP contribution >= 0.6 is 0 Å². The molecule has 0 spiro atoms. The number of rotatable bonds is 4. The summed E-state index contributed by atoms with van der Waals surface area (Å²) in [5.41, 5.74) is 3.18. The third-order valence-corrected chi connectivity index (χ3v) is 5.37. The van der Waals surface area contributed by atoms with E-state index in [4.69, 9.17) is 9.26 Å². The molecular formula is C22H22N6O3. The molecule has 0 aliphatic carbocycles. The van der Waals surface area contributed by atoms with E-state index in [1.54, 1.807) is 17.3 Å². The maximum atomic E-state index is 13.1. The Morgan fingerprint density at radius 2 is 2.16 bits per heavy atom. The number of aromatic nitrogens is 5. The summed E-state index contributed by atoms with van der Waals surface area (Å²) < 4.78 is 13.3. The van der Waals surface area contributed by atoms with Gasteiger partial charge in [-0.15, -0.1) is 0 Å². The molecule has 0 saturated carbocycles. The fourth-order valence-corrected chi connectivity index (χ4v) is 3.72. The monoisotopic (exact) mass is 418 g/mol. The first-order valence-corrected chi connectivity index (χ1v) is 10.2. The van der Waals surface area contributed by atoms with Gasteiger partial charge in [-0.1, -0.05) is 5.16 Å². The number of imidazole rings is 1. The molecular weight excluding hydrogens is 396 g/mol. The van der Waals surface area contributed by atoms with Gasteiger partial charge in [0.2, 0.25) is 5.82 Å². The van der Waals surface area contributed by atoms with Crippen LogP contribution in [0.15, 0.2) is 53.6 Å². The summed E-state index contributed by atoms with van der Waals surface area (Å²) in [6, 6.07) is 9.61. The Morgan fingerprint density at radius 3 is 2.97 bits per heavy atom. The molecule has 31 heavy (non-hydrogen) atoms. The highest BCUT2D eigenvalue weighted by molar-refractivity contribution is 5.97. The zero-order valence-corrected chi connectivity index (χ0v) is 17.3. The number of ether oxygens (including phenoxy) is 1. The zero-order valence-electron chi connectivity index (χ0n) is 17.3. The lowest BCUT2D eigenvalue weighted by molar-refractivity contribution is -0.0367. The minimum absolute atomic E-state index is 0.0682. The van der Waals surface area contributed by atoms with Gasteiger partial charge in [-0.3, -0.25) is 9.78 Å². The maximum Gasteiger partial charge on any atom is 0.257 e. The van der Waals surface area contributed by atoms with Crippen molar-refractivity contribution >= 4 is 16.9 Å². The summed E-state index contributed by atoms with van der Waals surface area (Å²) in [7, 11) is 0. The molecule has 1 atom stereocenters. The van der Waals surface area contributed by atoms with Crippen LogP contribution in [-0.4, -0.2) is 55.2 Å². The molecule has 0 unspecified atom stereocenters. The van der Waals surface area contributed by atoms with Gasteiger partial charge >= 0.3 is 0 Å². The van der Waals surface area contributed by atoms with Crippen LogP contribution < -0.4 is 0 Å². The lowest BCUT2D eigenvalue weighted by Crippen LogP contribution is -2.42. The maximum absolute atomic E-state index is 13.1. The number of amides is 1. The van der Waals surface area contributed by atoms with Crippen molar-refractivity contribution in [1.29, 1.82) is 0 Å². The molecule has 0 N–H and O–H groups in total. The molecule has 1 fully saturated rings. The van der Waals surface area contributed by atoms with Gasteiger partial charge in [-0.2, -0.15) is 4.98 Å². The minimum Gasteiger partial charge on any atom is -0.365 e. The number of carbonyl (C=O) groups is 1. The second kappa shape index (κ2) is 7.92. The SMILES string of the molecule is CC(C)n1cnc2cc(C(=O)N3CCO[C@H](c4nc(-c5cccnc5)no4)C3)ccc21. The van der Waals surface area contributed by atoms with E-state index < -0.39 is 6.10 Å². The molecule has 5 rings (SSSR count). The summed E-state index contributed by atoms with van der Waals surface area (Å²) in [5, 5.41) is 4.02. The Balaban J connectivity index is 1.34. The number of nitrogens with zero attached hydrogens (tertiary/aromatic N) is 6. The molecule has 9 heteroatoms. The highest BCUT2D eigenvalue weighted by atomic mass is 16.5. The lowest BCUT2D eigenvalue weighted by atomic mass is 10.1. The van der Waals surface area contributed by atoms with E-state index in [9.17, 15) is 4.79 Å². The van der Waals surface area contributed by atoms with Crippen LogP contribution in [0.4, 0.5) is 0 Å². The van der Waals surface area contributed by atoms with Crippen molar-refractivity contribution < 1.29 is 14.1 Å². The van der Waals surface area contributed by atoms with Gasteiger partial charge < -0.3 is 18.7 Å². The van der Waals surface area contributed by atoms with Crippen LogP contribution in [0.25, 0.3) is 22.4 Å². The quantitative estimate of drug-likeness (QED) is 0.501. The molecule has 9 nitrogen and oxygen atoms in total. The van der Waals surface area contributed by atoms with Gasteiger partial charge in [0.05, 0.1) is 30.5 Å². The second-order valence-corrected chi connectivity index (χ2v) is 7.76. The first-order valence-electron chi connectivity index (χ1n) is 10.2. The molecule has 1 aliphatic rings. The van der Waals surface area contributed by atoms with Crippen molar-refractivity contribution in [3.8, 4) is 11.4 Å². The Morgan fingerprint density at radius 1 is 1.26 bits per heavy atom. The van der Waals surface area contributed by atoms with Crippen LogP contribution in [0, 0.1) is 0 Å². The van der Waals surface area contributed by atoms with E-state index in [0.29, 0.717) is 43.0 Å². The number of hydrogen-bond acceptors (Lipinski definition) is 7. The van der Waals surface area contributed by atoms with E-state index in [0.717, 1.165) is 16.6 Å². The van der Waals surface area contributed by atoms with E-state index in [2.05, 4.69) is 38.5 Å². The van der Waals surface area contributed by atoms with Gasteiger partial charge in [0, 0.05) is 36.1 Å². The van der Waals surface area contributed by atoms with Gasteiger partial charge in [-0.25, -0.2) is 4.98 Å². The van der Waals surface area contributed by atoms with Crippen molar-refractivity contribution in [2.45, 2.75) is 26.0 Å². The lowest BCUT2D eigenvalue weighted by Gasteiger charge is -2.31. The largest absolute Gasteiger partial charge is 0.365 e. The molecule has 4 aromatic rings. The Labute approximate surface area is 178 Å². The average molecular weight is 418 g/mol. The van der Waals surface area contributed by atoms with E-state index in [1.807, 2.05) is 36.7 Å². The standard InChI is InChI=1S/C22H22N6O3/c1-14(2)28-13-24-17-10-15(5-6-18(17)28)22(29)27-8-9-30-19(12-27)21-25-20(26-31-21)16-4-3-7-23-11-16/h3-7,10-11,13-14,19H,8-9,12H2,1-2H3/t19-/m0/s1. The molecule has 1 amide bonds. The first kappa shape index (κ1) is 19.4. The molecule has 1 aliphatic heterocycles. The number of benzene rings is 1. The highest BCUT2D eigenvalue weighted by Gasteiger charge is 2.30. The van der Waals surface area contributed by atoms with Crippen molar-refractivity contribution in [3.63, 3.8) is 0 Å². The summed E-state index contributed by atoms with van der Waals surface area (Å²) in [4.78, 5) is 27.9. The Hall–Kier alpha value is -3.59. The van der Waals surface area contributed by atoms with E-state index >= 15 is 0 Å². The van der Waals surface area contributed by atoms with Crippen LogP contribution in [-0.2, 0) is 4.74 Å². The zero-order chi connectivity index (χ0) is 21.4. The predicted molar refractivity (Wildman–Crippen MR) is 112 cm³/mol. The summed E-state index contributed by atoms with van der Waals surface area (Å²) in [6.45, 7) is 5.44. The normalized spacial score (nSPS) is 16.9. The van der Waals surface area contributed by atoms with Crippen molar-refractivity contribution in [2.24, 2.45) is 0 Å². The average Bonchev–Trinajstić information content (AvgIpc) is 3.46. The van der Waals surface area contributed by atoms with Gasteiger partial charge in [0.1, 0.15) is 0 Å². The molecule has 1 aromatic carbocycles. The van der Waals surface area contributed by atoms with Crippen LogP contribution in [0.2, 0.25) is 0 Å². The molecule has 1 saturated heterocycles. The van der Waals surface area contributed by atoms with Crippen molar-refractivity contribution in [3.05, 3.63) is 60.5 Å². The third-order valence-electron chi connectivity index (χ3n) is 5.37. The molecule has 4 heterocycles. The second-order valence-electron chi connectivity index (χ2n) is 7.76. The highest BCUT2D eigenvalue weighted by Crippen LogP contribution is 2.25.